The Morgan fingerprint density at radius 3 is 2.68 bits per heavy atom. The summed E-state index contributed by atoms with van der Waals surface area (Å²) < 4.78 is 13.5. The van der Waals surface area contributed by atoms with E-state index in [2.05, 4.69) is 30.5 Å². The monoisotopic (exact) mass is 491 g/mol. The molecule has 0 radical (unpaired) electrons. The molecule has 0 saturated heterocycles. The first-order chi connectivity index (χ1) is 18.1. The number of aromatic amines is 2. The number of rotatable bonds is 6. The van der Waals surface area contributed by atoms with Crippen LogP contribution in [-0.2, 0) is 4.79 Å². The minimum atomic E-state index is -0.292. The fourth-order valence-electron chi connectivity index (χ4n) is 4.37. The van der Waals surface area contributed by atoms with Crippen LogP contribution in [-0.4, -0.2) is 36.0 Å². The first-order valence-corrected chi connectivity index (χ1v) is 11.9. The van der Waals surface area contributed by atoms with E-state index in [1.54, 1.807) is 30.7 Å². The third-order valence-corrected chi connectivity index (χ3v) is 6.12. The molecule has 8 nitrogen and oxygen atoms in total. The van der Waals surface area contributed by atoms with Gasteiger partial charge in [-0.3, -0.25) is 19.9 Å². The predicted octanol–water partition coefficient (Wildman–Crippen LogP) is 6.11. The number of carbonyl (C=O) groups is 1. The van der Waals surface area contributed by atoms with Gasteiger partial charge in [0.2, 0.25) is 5.91 Å². The second-order valence-corrected chi connectivity index (χ2v) is 8.74. The zero-order valence-electron chi connectivity index (χ0n) is 19.9. The number of hydrogen-bond acceptors (Lipinski definition) is 5. The number of H-pyrrole nitrogens is 2. The van der Waals surface area contributed by atoms with Gasteiger partial charge < -0.3 is 10.3 Å². The Morgan fingerprint density at radius 1 is 0.973 bits per heavy atom. The number of anilines is 1. The second kappa shape index (κ2) is 9.27. The molecule has 0 bridgehead atoms. The lowest BCUT2D eigenvalue weighted by Gasteiger charge is -2.06. The number of aromatic nitrogens is 6. The van der Waals surface area contributed by atoms with Crippen LogP contribution in [0, 0.1) is 5.82 Å². The lowest BCUT2D eigenvalue weighted by molar-refractivity contribution is -0.116. The van der Waals surface area contributed by atoms with Gasteiger partial charge in [-0.15, -0.1) is 0 Å². The summed E-state index contributed by atoms with van der Waals surface area (Å²) in [6.45, 7) is 1.96. The number of carbonyl (C=O) groups excluding carboxylic acids is 1. The molecule has 3 N–H and O–H groups in total. The maximum Gasteiger partial charge on any atom is 0.224 e. The fourth-order valence-corrected chi connectivity index (χ4v) is 4.37. The van der Waals surface area contributed by atoms with Gasteiger partial charge in [-0.2, -0.15) is 5.10 Å². The van der Waals surface area contributed by atoms with Gasteiger partial charge in [0, 0.05) is 40.8 Å². The van der Waals surface area contributed by atoms with Gasteiger partial charge in [0.05, 0.1) is 34.5 Å². The van der Waals surface area contributed by atoms with Gasteiger partial charge in [-0.05, 0) is 61.0 Å². The van der Waals surface area contributed by atoms with Crippen LogP contribution >= 0.6 is 0 Å². The molecular formula is C28H22FN7O. The Bertz CT molecular complexity index is 1750. The first-order valence-electron chi connectivity index (χ1n) is 11.9. The molecule has 6 rings (SSSR count). The van der Waals surface area contributed by atoms with E-state index in [1.165, 1.54) is 12.1 Å². The topological polar surface area (TPSA) is 112 Å². The quantitative estimate of drug-likeness (QED) is 0.260. The van der Waals surface area contributed by atoms with Gasteiger partial charge in [0.15, 0.2) is 0 Å². The van der Waals surface area contributed by atoms with Crippen molar-refractivity contribution in [3.05, 3.63) is 79.0 Å². The summed E-state index contributed by atoms with van der Waals surface area (Å²) in [5, 5.41) is 11.4. The zero-order valence-corrected chi connectivity index (χ0v) is 19.9. The highest BCUT2D eigenvalue weighted by Gasteiger charge is 2.16. The highest BCUT2D eigenvalue weighted by molar-refractivity contribution is 5.99. The number of amides is 1. The largest absolute Gasteiger partial charge is 0.353 e. The van der Waals surface area contributed by atoms with E-state index in [0.29, 0.717) is 29.0 Å². The van der Waals surface area contributed by atoms with Crippen LogP contribution in [0.2, 0.25) is 0 Å². The van der Waals surface area contributed by atoms with Crippen LogP contribution in [0.3, 0.4) is 0 Å². The minimum Gasteiger partial charge on any atom is -0.353 e. The van der Waals surface area contributed by atoms with Crippen molar-refractivity contribution < 1.29 is 9.18 Å². The van der Waals surface area contributed by atoms with E-state index >= 15 is 0 Å². The summed E-state index contributed by atoms with van der Waals surface area (Å²) in [5.74, 6) is -0.338. The highest BCUT2D eigenvalue weighted by Crippen LogP contribution is 2.33. The van der Waals surface area contributed by atoms with Crippen molar-refractivity contribution in [1.82, 2.24) is 30.1 Å². The molecule has 0 atom stereocenters. The normalized spacial score (nSPS) is 11.3. The van der Waals surface area contributed by atoms with E-state index in [0.717, 1.165) is 45.4 Å². The third kappa shape index (κ3) is 4.31. The molecule has 1 aromatic carbocycles. The van der Waals surface area contributed by atoms with Crippen molar-refractivity contribution >= 4 is 33.5 Å². The SMILES string of the molecule is CCCC(=O)Nc1cncc(-c2ccc3[nH]nc(-c4cc5c(-c6ccc(F)cc6)nccc5[nH]4)c3n2)c1. The summed E-state index contributed by atoms with van der Waals surface area (Å²) in [6.07, 6.45) is 6.29. The summed E-state index contributed by atoms with van der Waals surface area (Å²) in [5.41, 5.74) is 7.50. The molecule has 182 valence electrons. The van der Waals surface area contributed by atoms with Crippen LogP contribution in [0.25, 0.3) is 55.8 Å². The fraction of sp³-hybridized carbons (Fsp3) is 0.107. The second-order valence-electron chi connectivity index (χ2n) is 8.74. The molecular weight excluding hydrogens is 469 g/mol. The van der Waals surface area contributed by atoms with Crippen LogP contribution in [0.1, 0.15) is 19.8 Å². The van der Waals surface area contributed by atoms with Crippen molar-refractivity contribution in [2.45, 2.75) is 19.8 Å². The van der Waals surface area contributed by atoms with Gasteiger partial charge >= 0.3 is 0 Å². The molecule has 0 fully saturated rings. The molecule has 0 spiro atoms. The lowest BCUT2D eigenvalue weighted by Crippen LogP contribution is -2.10. The Morgan fingerprint density at radius 2 is 1.84 bits per heavy atom. The number of pyridine rings is 3. The van der Waals surface area contributed by atoms with Crippen LogP contribution in [0.5, 0.6) is 0 Å². The Kier molecular flexibility index (Phi) is 5.65. The van der Waals surface area contributed by atoms with Crippen molar-refractivity contribution in [3.8, 4) is 33.9 Å². The van der Waals surface area contributed by atoms with E-state index in [1.807, 2.05) is 37.3 Å². The van der Waals surface area contributed by atoms with E-state index in [-0.39, 0.29) is 11.7 Å². The van der Waals surface area contributed by atoms with Gasteiger partial charge in [0.1, 0.15) is 17.0 Å². The maximum absolute atomic E-state index is 13.5. The number of hydrogen-bond donors (Lipinski definition) is 3. The van der Waals surface area contributed by atoms with Crippen molar-refractivity contribution in [3.63, 3.8) is 0 Å². The van der Waals surface area contributed by atoms with Crippen LogP contribution in [0.4, 0.5) is 10.1 Å². The summed E-state index contributed by atoms with van der Waals surface area (Å²) in [7, 11) is 0. The number of nitrogens with one attached hydrogen (secondary N) is 3. The molecule has 0 aliphatic carbocycles. The van der Waals surface area contributed by atoms with Crippen molar-refractivity contribution in [2.75, 3.05) is 5.32 Å². The molecule has 9 heteroatoms. The minimum absolute atomic E-state index is 0.0460. The summed E-state index contributed by atoms with van der Waals surface area (Å²) >= 11 is 0. The van der Waals surface area contributed by atoms with Crippen molar-refractivity contribution in [2.24, 2.45) is 0 Å². The standard InChI is InChI=1S/C28H22FN7O/c1-2-3-25(37)32-19-12-17(14-30-15-19)21-8-9-23-27(34-21)28(36-35-23)24-13-20-22(33-24)10-11-31-26(20)16-4-6-18(29)7-5-16/h4-15,33H,2-3H2,1H3,(H,32,37)(H,35,36). The average molecular weight is 492 g/mol. The molecule has 1 amide bonds. The lowest BCUT2D eigenvalue weighted by atomic mass is 10.1. The van der Waals surface area contributed by atoms with E-state index in [9.17, 15) is 9.18 Å². The zero-order chi connectivity index (χ0) is 25.4. The Balaban J connectivity index is 1.40. The Hall–Kier alpha value is -4.92. The van der Waals surface area contributed by atoms with Crippen molar-refractivity contribution in [1.29, 1.82) is 0 Å². The molecule has 0 aliphatic heterocycles. The molecule has 0 aliphatic rings. The smallest absolute Gasteiger partial charge is 0.224 e. The van der Waals surface area contributed by atoms with Crippen LogP contribution in [0.15, 0.2) is 73.2 Å². The molecule has 0 saturated carbocycles. The first kappa shape index (κ1) is 22.5. The molecule has 5 aromatic heterocycles. The summed E-state index contributed by atoms with van der Waals surface area (Å²) in [6, 6.07) is 15.8. The number of benzene rings is 1. The number of nitrogens with zero attached hydrogens (tertiary/aromatic N) is 4. The number of fused-ring (bicyclic) bond motifs is 2. The average Bonchev–Trinajstić information content (AvgIpc) is 3.53. The highest BCUT2D eigenvalue weighted by atomic mass is 19.1. The molecule has 5 heterocycles. The maximum atomic E-state index is 13.5. The predicted molar refractivity (Wildman–Crippen MR) is 141 cm³/mol. The number of halogens is 1. The third-order valence-electron chi connectivity index (χ3n) is 6.12. The molecule has 6 aromatic rings. The Labute approximate surface area is 211 Å². The molecule has 37 heavy (non-hydrogen) atoms. The van der Waals surface area contributed by atoms with Gasteiger partial charge in [0.25, 0.3) is 0 Å². The van der Waals surface area contributed by atoms with Gasteiger partial charge in [-0.1, -0.05) is 6.92 Å². The molecule has 0 unspecified atom stereocenters. The summed E-state index contributed by atoms with van der Waals surface area (Å²) in [4.78, 5) is 29.1. The van der Waals surface area contributed by atoms with Gasteiger partial charge in [-0.25, -0.2) is 9.37 Å². The van der Waals surface area contributed by atoms with E-state index < -0.39 is 0 Å². The van der Waals surface area contributed by atoms with E-state index in [4.69, 9.17) is 4.98 Å². The van der Waals surface area contributed by atoms with Crippen LogP contribution < -0.4 is 5.32 Å².